The van der Waals surface area contributed by atoms with Crippen molar-refractivity contribution in [2.75, 3.05) is 12.1 Å². The normalized spacial score (nSPS) is 13.4. The molecule has 1 aliphatic heterocycles. The van der Waals surface area contributed by atoms with Gasteiger partial charge in [-0.2, -0.15) is 0 Å². The average molecular weight is 402 g/mol. The second-order valence-corrected chi connectivity index (χ2v) is 7.62. The molecule has 0 saturated heterocycles. The van der Waals surface area contributed by atoms with Crippen LogP contribution in [-0.2, 0) is 4.79 Å². The molecule has 0 spiro atoms. The molecule has 1 N–H and O–H groups in total. The van der Waals surface area contributed by atoms with Gasteiger partial charge in [0.15, 0.2) is 16.7 Å². The van der Waals surface area contributed by atoms with Crippen LogP contribution < -0.4 is 14.8 Å². The maximum absolute atomic E-state index is 12.6. The van der Waals surface area contributed by atoms with Gasteiger partial charge in [-0.1, -0.05) is 29.4 Å². The summed E-state index contributed by atoms with van der Waals surface area (Å²) in [6.45, 7) is 2.04. The van der Waals surface area contributed by atoms with Gasteiger partial charge in [0.25, 0.3) is 0 Å². The Morgan fingerprint density at radius 3 is 2.96 bits per heavy atom. The molecule has 3 aromatic rings. The number of halogens is 1. The molecule has 8 heteroatoms. The quantitative estimate of drug-likeness (QED) is 0.643. The summed E-state index contributed by atoms with van der Waals surface area (Å²) in [7, 11) is 0. The van der Waals surface area contributed by atoms with Crippen molar-refractivity contribution in [3.8, 4) is 17.2 Å². The first-order valence-corrected chi connectivity index (χ1v) is 9.52. The molecule has 1 unspecified atom stereocenters. The minimum absolute atomic E-state index is 0.125. The summed E-state index contributed by atoms with van der Waals surface area (Å²) in [5.41, 5.74) is 1.56. The average Bonchev–Trinajstić information content (AvgIpc) is 3.30. The zero-order valence-electron chi connectivity index (χ0n) is 14.4. The number of ether oxygens (including phenoxy) is 2. The van der Waals surface area contributed by atoms with Gasteiger partial charge in [-0.05, 0) is 37.3 Å². The maximum atomic E-state index is 12.6. The summed E-state index contributed by atoms with van der Waals surface area (Å²) in [5, 5.41) is 3.91. The molecule has 0 bridgehead atoms. The number of nitrogens with zero attached hydrogens (tertiary/aromatic N) is 2. The van der Waals surface area contributed by atoms with Gasteiger partial charge in [0.2, 0.25) is 12.7 Å². The Morgan fingerprint density at radius 1 is 1.26 bits per heavy atom. The monoisotopic (exact) mass is 401 g/mol. The summed E-state index contributed by atoms with van der Waals surface area (Å²) in [6.07, 6.45) is 3.54. The summed E-state index contributed by atoms with van der Waals surface area (Å²) < 4.78 is 12.5. The standard InChI is InChI=1S/C19H16ClN3O3S/c1-12(18(24)22-14-5-6-16-17(10-14)26-11-25-16)27-19-21-7-8-23(19)15-4-2-3-13(20)9-15/h2-10,12H,11H2,1H3,(H,22,24). The van der Waals surface area contributed by atoms with Crippen molar-refractivity contribution < 1.29 is 14.3 Å². The van der Waals surface area contributed by atoms with Crippen LogP contribution in [0.3, 0.4) is 0 Å². The lowest BCUT2D eigenvalue weighted by Crippen LogP contribution is -2.22. The van der Waals surface area contributed by atoms with Crippen LogP contribution in [0.4, 0.5) is 5.69 Å². The Hall–Kier alpha value is -2.64. The van der Waals surface area contributed by atoms with E-state index in [4.69, 9.17) is 21.1 Å². The van der Waals surface area contributed by atoms with Crippen molar-refractivity contribution in [3.63, 3.8) is 0 Å². The Labute approximate surface area is 165 Å². The number of amides is 1. The lowest BCUT2D eigenvalue weighted by Gasteiger charge is -2.13. The van der Waals surface area contributed by atoms with Gasteiger partial charge < -0.3 is 14.8 Å². The van der Waals surface area contributed by atoms with Crippen molar-refractivity contribution in [2.24, 2.45) is 0 Å². The van der Waals surface area contributed by atoms with Crippen molar-refractivity contribution in [1.82, 2.24) is 9.55 Å². The predicted molar refractivity (Wildman–Crippen MR) is 105 cm³/mol. The van der Waals surface area contributed by atoms with E-state index in [1.54, 1.807) is 24.4 Å². The van der Waals surface area contributed by atoms with E-state index in [9.17, 15) is 4.79 Å². The topological polar surface area (TPSA) is 65.4 Å². The lowest BCUT2D eigenvalue weighted by molar-refractivity contribution is -0.115. The maximum Gasteiger partial charge on any atom is 0.237 e. The number of rotatable bonds is 5. The van der Waals surface area contributed by atoms with Gasteiger partial charge in [-0.25, -0.2) is 4.98 Å². The van der Waals surface area contributed by atoms with E-state index < -0.39 is 0 Å². The highest BCUT2D eigenvalue weighted by Crippen LogP contribution is 2.34. The Balaban J connectivity index is 1.46. The molecule has 2 aromatic carbocycles. The number of carbonyl (C=O) groups excluding carboxylic acids is 1. The SMILES string of the molecule is CC(Sc1nccn1-c1cccc(Cl)c1)C(=O)Nc1ccc2c(c1)OCO2. The number of aromatic nitrogens is 2. The van der Waals surface area contributed by atoms with Gasteiger partial charge >= 0.3 is 0 Å². The van der Waals surface area contributed by atoms with Crippen LogP contribution in [0, 0.1) is 0 Å². The largest absolute Gasteiger partial charge is 0.454 e. The Morgan fingerprint density at radius 2 is 2.11 bits per heavy atom. The summed E-state index contributed by atoms with van der Waals surface area (Å²) >= 11 is 7.45. The molecule has 2 heterocycles. The van der Waals surface area contributed by atoms with Crippen LogP contribution >= 0.6 is 23.4 Å². The molecular formula is C19H16ClN3O3S. The zero-order chi connectivity index (χ0) is 18.8. The number of imidazole rings is 1. The first-order chi connectivity index (χ1) is 13.1. The van der Waals surface area contributed by atoms with Gasteiger partial charge in [-0.3, -0.25) is 9.36 Å². The second kappa shape index (κ2) is 7.54. The summed E-state index contributed by atoms with van der Waals surface area (Å²) in [6, 6.07) is 12.8. The van der Waals surface area contributed by atoms with Crippen LogP contribution in [0.2, 0.25) is 5.02 Å². The molecule has 1 atom stereocenters. The molecule has 138 valence electrons. The highest BCUT2D eigenvalue weighted by molar-refractivity contribution is 8.00. The van der Waals surface area contributed by atoms with E-state index in [1.807, 2.05) is 42.0 Å². The fourth-order valence-electron chi connectivity index (χ4n) is 2.63. The number of fused-ring (bicyclic) bond motifs is 1. The van der Waals surface area contributed by atoms with Crippen molar-refractivity contribution >= 4 is 35.0 Å². The van der Waals surface area contributed by atoms with Crippen molar-refractivity contribution in [3.05, 3.63) is 59.9 Å². The third-order valence-corrected chi connectivity index (χ3v) is 5.30. The third kappa shape index (κ3) is 3.89. The number of nitrogens with one attached hydrogen (secondary N) is 1. The van der Waals surface area contributed by atoms with E-state index in [0.717, 1.165) is 5.69 Å². The van der Waals surface area contributed by atoms with Gasteiger partial charge in [-0.15, -0.1) is 0 Å². The summed E-state index contributed by atoms with van der Waals surface area (Å²) in [4.78, 5) is 16.9. The molecule has 1 aromatic heterocycles. The molecule has 0 radical (unpaired) electrons. The van der Waals surface area contributed by atoms with E-state index in [-0.39, 0.29) is 18.0 Å². The third-order valence-electron chi connectivity index (χ3n) is 3.98. The molecule has 4 rings (SSSR count). The van der Waals surface area contributed by atoms with Crippen LogP contribution in [-0.4, -0.2) is 27.5 Å². The molecule has 1 amide bonds. The molecule has 0 saturated carbocycles. The van der Waals surface area contributed by atoms with Crippen molar-refractivity contribution in [2.45, 2.75) is 17.3 Å². The number of hydrogen-bond donors (Lipinski definition) is 1. The fraction of sp³-hybridized carbons (Fsp3) is 0.158. The van der Waals surface area contributed by atoms with Crippen LogP contribution in [0.5, 0.6) is 11.5 Å². The number of carbonyl (C=O) groups is 1. The number of thioether (sulfide) groups is 1. The smallest absolute Gasteiger partial charge is 0.237 e. The second-order valence-electron chi connectivity index (χ2n) is 5.88. The minimum atomic E-state index is -0.351. The lowest BCUT2D eigenvalue weighted by atomic mass is 10.2. The van der Waals surface area contributed by atoms with E-state index in [0.29, 0.717) is 27.4 Å². The van der Waals surface area contributed by atoms with E-state index in [1.165, 1.54) is 11.8 Å². The molecule has 6 nitrogen and oxygen atoms in total. The van der Waals surface area contributed by atoms with Crippen LogP contribution in [0.15, 0.2) is 60.0 Å². The Kier molecular flexibility index (Phi) is 4.96. The van der Waals surface area contributed by atoms with Crippen LogP contribution in [0.1, 0.15) is 6.92 Å². The number of anilines is 1. The highest BCUT2D eigenvalue weighted by atomic mass is 35.5. The van der Waals surface area contributed by atoms with Crippen molar-refractivity contribution in [1.29, 1.82) is 0 Å². The first-order valence-electron chi connectivity index (χ1n) is 8.26. The minimum Gasteiger partial charge on any atom is -0.454 e. The first kappa shape index (κ1) is 17.8. The Bertz CT molecular complexity index is 992. The van der Waals surface area contributed by atoms with E-state index in [2.05, 4.69) is 10.3 Å². The highest BCUT2D eigenvalue weighted by Gasteiger charge is 2.20. The van der Waals surface area contributed by atoms with E-state index >= 15 is 0 Å². The predicted octanol–water partition coefficient (Wildman–Crippen LogP) is 4.37. The van der Waals surface area contributed by atoms with Gasteiger partial charge in [0.1, 0.15) is 0 Å². The van der Waals surface area contributed by atoms with Gasteiger partial charge in [0, 0.05) is 34.9 Å². The molecule has 0 fully saturated rings. The molecule has 1 aliphatic rings. The molecular weight excluding hydrogens is 386 g/mol. The zero-order valence-corrected chi connectivity index (χ0v) is 16.0. The molecule has 27 heavy (non-hydrogen) atoms. The van der Waals surface area contributed by atoms with Gasteiger partial charge in [0.05, 0.1) is 5.25 Å². The number of benzene rings is 2. The van der Waals surface area contributed by atoms with Crippen LogP contribution in [0.25, 0.3) is 5.69 Å². The number of hydrogen-bond acceptors (Lipinski definition) is 5. The summed E-state index contributed by atoms with van der Waals surface area (Å²) in [5.74, 6) is 1.18. The molecule has 0 aliphatic carbocycles. The fourth-order valence-corrected chi connectivity index (χ4v) is 3.70.